The average Bonchev–Trinajstić information content (AvgIpc) is 2.28. The van der Waals surface area contributed by atoms with Gasteiger partial charge in [-0.3, -0.25) is 9.59 Å². The van der Waals surface area contributed by atoms with Crippen LogP contribution in [0.25, 0.3) is 0 Å². The van der Waals surface area contributed by atoms with E-state index in [4.69, 9.17) is 4.74 Å². The molecule has 0 rings (SSSR count). The summed E-state index contributed by atoms with van der Waals surface area (Å²) in [7, 11) is 7.50. The summed E-state index contributed by atoms with van der Waals surface area (Å²) < 4.78 is 4.74. The number of carbonyl (C=O) groups is 2. The summed E-state index contributed by atoms with van der Waals surface area (Å²) >= 11 is 0. The van der Waals surface area contributed by atoms with Crippen LogP contribution in [0, 0.1) is 0 Å². The van der Waals surface area contributed by atoms with Crippen molar-refractivity contribution in [1.82, 2.24) is 10.2 Å². The summed E-state index contributed by atoms with van der Waals surface area (Å²) in [5.74, 6) is 0.0946. The molecular weight excluding hydrogens is 244 g/mol. The molecule has 0 unspecified atom stereocenters. The number of rotatable bonds is 5. The lowest BCUT2D eigenvalue weighted by Crippen LogP contribution is -2.01. The molecule has 19 heavy (non-hydrogen) atoms. The van der Waals surface area contributed by atoms with Crippen LogP contribution in [0.2, 0.25) is 0 Å². The molecule has 0 aromatic rings. The minimum Gasteiger partial charge on any atom is -0.501 e. The Labute approximate surface area is 117 Å². The molecule has 1 N–H and O–H groups in total. The minimum absolute atomic E-state index is 0.0125. The van der Waals surface area contributed by atoms with Gasteiger partial charge in [-0.15, -0.1) is 0 Å². The highest BCUT2D eigenvalue weighted by Crippen LogP contribution is 1.77. The Morgan fingerprint density at radius 2 is 1.53 bits per heavy atom. The highest BCUT2D eigenvalue weighted by Gasteiger charge is 1.80. The number of ether oxygens (including phenoxy) is 1. The Balaban J connectivity index is -0.000000224. The van der Waals surface area contributed by atoms with Crippen LogP contribution in [0.1, 0.15) is 20.8 Å². The van der Waals surface area contributed by atoms with Crippen molar-refractivity contribution in [2.45, 2.75) is 20.8 Å². The summed E-state index contributed by atoms with van der Waals surface area (Å²) in [6.45, 7) is 5.49. The highest BCUT2D eigenvalue weighted by atomic mass is 16.5. The fourth-order valence-corrected chi connectivity index (χ4v) is 0.494. The van der Waals surface area contributed by atoms with Gasteiger partial charge >= 0.3 is 0 Å². The van der Waals surface area contributed by atoms with E-state index in [1.807, 2.05) is 40.0 Å². The van der Waals surface area contributed by atoms with Gasteiger partial charge in [-0.25, -0.2) is 0 Å². The molecule has 0 amide bonds. The van der Waals surface area contributed by atoms with E-state index in [1.54, 1.807) is 6.20 Å². The van der Waals surface area contributed by atoms with Crippen molar-refractivity contribution in [2.75, 3.05) is 34.8 Å². The van der Waals surface area contributed by atoms with Crippen LogP contribution >= 0.6 is 0 Å². The number of hydrogen-bond acceptors (Lipinski definition) is 5. The molecule has 0 bridgehead atoms. The Kier molecular flexibility index (Phi) is 22.2. The first-order chi connectivity index (χ1) is 8.81. The second-order valence-electron chi connectivity index (χ2n) is 3.76. The normalized spacial score (nSPS) is 9.21. The van der Waals surface area contributed by atoms with Gasteiger partial charge in [0, 0.05) is 26.4 Å². The second kappa shape index (κ2) is 18.7. The van der Waals surface area contributed by atoms with Gasteiger partial charge in [0.05, 0.1) is 12.9 Å². The summed E-state index contributed by atoms with van der Waals surface area (Å²) in [5.41, 5.74) is 0. The van der Waals surface area contributed by atoms with Crippen LogP contribution in [0.4, 0.5) is 0 Å². The largest absolute Gasteiger partial charge is 0.501 e. The SMILES string of the molecule is CC(=O)/C=C/N(C)C.CCO/C=C/C(C)=O.CNC. The molecule has 0 aliphatic carbocycles. The van der Waals surface area contributed by atoms with E-state index in [1.165, 1.54) is 32.3 Å². The van der Waals surface area contributed by atoms with E-state index in [0.717, 1.165) is 0 Å². The van der Waals surface area contributed by atoms with Crippen molar-refractivity contribution in [3.63, 3.8) is 0 Å². The molecule has 0 aromatic carbocycles. The van der Waals surface area contributed by atoms with Crippen molar-refractivity contribution in [2.24, 2.45) is 0 Å². The van der Waals surface area contributed by atoms with Crippen LogP contribution in [0.15, 0.2) is 24.6 Å². The number of ketones is 2. The van der Waals surface area contributed by atoms with E-state index in [0.29, 0.717) is 6.61 Å². The molecule has 0 atom stereocenters. The number of carbonyl (C=O) groups excluding carboxylic acids is 2. The smallest absolute Gasteiger partial charge is 0.155 e. The zero-order chi connectivity index (χ0) is 15.7. The molecule has 0 fully saturated rings. The maximum atomic E-state index is 10.2. The molecule has 0 aliphatic rings. The first-order valence-electron chi connectivity index (χ1n) is 6.04. The average molecular weight is 272 g/mol. The van der Waals surface area contributed by atoms with E-state index < -0.39 is 0 Å². The lowest BCUT2D eigenvalue weighted by atomic mass is 10.4. The van der Waals surface area contributed by atoms with Crippen molar-refractivity contribution in [3.8, 4) is 0 Å². The first-order valence-corrected chi connectivity index (χ1v) is 6.04. The fourth-order valence-electron chi connectivity index (χ4n) is 0.494. The maximum Gasteiger partial charge on any atom is 0.155 e. The van der Waals surface area contributed by atoms with E-state index in [-0.39, 0.29) is 11.6 Å². The number of nitrogens with zero attached hydrogens (tertiary/aromatic N) is 1. The molecule has 0 saturated heterocycles. The van der Waals surface area contributed by atoms with Gasteiger partial charge in [0.15, 0.2) is 11.6 Å². The maximum absolute atomic E-state index is 10.2. The first kappa shape index (κ1) is 22.6. The second-order valence-corrected chi connectivity index (χ2v) is 3.76. The Morgan fingerprint density at radius 1 is 1.11 bits per heavy atom. The summed E-state index contributed by atoms with van der Waals surface area (Å²) in [6, 6.07) is 0. The van der Waals surface area contributed by atoms with E-state index in [2.05, 4.69) is 5.32 Å². The monoisotopic (exact) mass is 272 g/mol. The van der Waals surface area contributed by atoms with Crippen molar-refractivity contribution in [3.05, 3.63) is 24.6 Å². The number of hydrogen-bond donors (Lipinski definition) is 1. The summed E-state index contributed by atoms with van der Waals surface area (Å²) in [5, 5.41) is 2.75. The molecule has 0 heterocycles. The zero-order valence-corrected chi connectivity index (χ0v) is 13.2. The molecular formula is C14H28N2O3. The predicted octanol–water partition coefficient (Wildman–Crippen LogP) is 1.61. The number of nitrogens with one attached hydrogen (secondary N) is 1. The van der Waals surface area contributed by atoms with Crippen molar-refractivity contribution < 1.29 is 14.3 Å². The third-order valence-electron chi connectivity index (χ3n) is 1.17. The molecule has 5 heteroatoms. The molecule has 0 aromatic heterocycles. The standard InChI is InChI=1S/C6H11NO.C6H10O2.C2H7N/c1-6(8)4-5-7(2)3;1-3-8-5-4-6(2)7;1-3-2/h4-5H,1-3H3;4-5H,3H2,1-2H3;3H,1-2H3/b2*5-4+;. The van der Waals surface area contributed by atoms with E-state index >= 15 is 0 Å². The lowest BCUT2D eigenvalue weighted by molar-refractivity contribution is -0.113. The van der Waals surface area contributed by atoms with Crippen LogP contribution < -0.4 is 5.32 Å². The van der Waals surface area contributed by atoms with Gasteiger partial charge < -0.3 is 15.0 Å². The molecule has 5 nitrogen and oxygen atoms in total. The van der Waals surface area contributed by atoms with Crippen LogP contribution in [0.5, 0.6) is 0 Å². The highest BCUT2D eigenvalue weighted by molar-refractivity contribution is 5.87. The number of allylic oxidation sites excluding steroid dienone is 2. The molecule has 0 aliphatic heterocycles. The van der Waals surface area contributed by atoms with Crippen LogP contribution in [-0.2, 0) is 14.3 Å². The van der Waals surface area contributed by atoms with Crippen molar-refractivity contribution in [1.29, 1.82) is 0 Å². The van der Waals surface area contributed by atoms with Gasteiger partial charge in [0.2, 0.25) is 0 Å². The minimum atomic E-state index is 0.0125. The van der Waals surface area contributed by atoms with Gasteiger partial charge in [-0.2, -0.15) is 0 Å². The van der Waals surface area contributed by atoms with Gasteiger partial charge in [-0.05, 0) is 40.9 Å². The fraction of sp³-hybridized carbons (Fsp3) is 0.571. The van der Waals surface area contributed by atoms with Crippen LogP contribution in [0.3, 0.4) is 0 Å². The topological polar surface area (TPSA) is 58.6 Å². The van der Waals surface area contributed by atoms with Gasteiger partial charge in [0.1, 0.15) is 0 Å². The quantitative estimate of drug-likeness (QED) is 0.608. The molecule has 0 saturated carbocycles. The Morgan fingerprint density at radius 3 is 1.74 bits per heavy atom. The third kappa shape index (κ3) is 48.2. The molecule has 0 radical (unpaired) electrons. The molecule has 0 spiro atoms. The Hall–Kier alpha value is -1.62. The van der Waals surface area contributed by atoms with E-state index in [9.17, 15) is 9.59 Å². The Bertz CT molecular complexity index is 272. The summed E-state index contributed by atoms with van der Waals surface area (Å²) in [4.78, 5) is 22.2. The van der Waals surface area contributed by atoms with Gasteiger partial charge in [-0.1, -0.05) is 0 Å². The predicted molar refractivity (Wildman–Crippen MR) is 79.9 cm³/mol. The third-order valence-corrected chi connectivity index (χ3v) is 1.17. The van der Waals surface area contributed by atoms with Gasteiger partial charge in [0.25, 0.3) is 0 Å². The summed E-state index contributed by atoms with van der Waals surface area (Å²) in [6.07, 6.45) is 6.05. The zero-order valence-electron chi connectivity index (χ0n) is 13.2. The van der Waals surface area contributed by atoms with Crippen LogP contribution in [-0.4, -0.2) is 51.3 Å². The molecule has 112 valence electrons. The lowest BCUT2D eigenvalue weighted by Gasteiger charge is -2.00. The van der Waals surface area contributed by atoms with Crippen molar-refractivity contribution >= 4 is 11.6 Å².